The summed E-state index contributed by atoms with van der Waals surface area (Å²) in [6, 6.07) is 11.8. The fraction of sp³-hybridized carbons (Fsp3) is 0.429. The number of hydrogen-bond acceptors (Lipinski definition) is 3. The molecule has 1 saturated heterocycles. The van der Waals surface area contributed by atoms with Gasteiger partial charge in [0.1, 0.15) is 0 Å². The second-order valence-electron chi connectivity index (χ2n) is 7.16. The van der Waals surface area contributed by atoms with Crippen LogP contribution < -0.4 is 0 Å². The van der Waals surface area contributed by atoms with Crippen LogP contribution in [0.5, 0.6) is 0 Å². The number of benzene rings is 2. The van der Waals surface area contributed by atoms with Crippen molar-refractivity contribution in [2.24, 2.45) is 5.92 Å². The van der Waals surface area contributed by atoms with Gasteiger partial charge in [0, 0.05) is 24.6 Å². The molecule has 3 rings (SSSR count). The van der Waals surface area contributed by atoms with Gasteiger partial charge in [-0.3, -0.25) is 4.79 Å². The average molecular weight is 324 g/mol. The summed E-state index contributed by atoms with van der Waals surface area (Å²) >= 11 is 0. The molecule has 3 heteroatoms. The lowest BCUT2D eigenvalue weighted by atomic mass is 9.88. The minimum absolute atomic E-state index is 0.0393. The number of carbonyl (C=O) groups is 1. The second kappa shape index (κ2) is 7.45. The molecule has 0 aliphatic carbocycles. The molecule has 0 saturated carbocycles. The maximum absolute atomic E-state index is 13.0. The third kappa shape index (κ3) is 3.68. The monoisotopic (exact) mass is 324 g/mol. The Balaban J connectivity index is 1.85. The molecule has 0 aromatic heterocycles. The van der Waals surface area contributed by atoms with Gasteiger partial charge in [-0.1, -0.05) is 38.1 Å². The van der Waals surface area contributed by atoms with Crippen LogP contribution in [-0.4, -0.2) is 35.4 Å². The number of piperidine rings is 1. The number of rotatable bonds is 5. The molecule has 3 nitrogen and oxygen atoms in total. The van der Waals surface area contributed by atoms with Crippen molar-refractivity contribution in [2.75, 3.05) is 19.6 Å². The molecule has 127 valence electrons. The van der Waals surface area contributed by atoms with Gasteiger partial charge in [0.05, 0.1) is 6.61 Å². The fourth-order valence-corrected chi connectivity index (χ4v) is 3.76. The summed E-state index contributed by atoms with van der Waals surface area (Å²) in [5.41, 5.74) is 1.57. The number of likely N-dealkylation sites (tertiary alicyclic amines) is 1. The molecule has 1 atom stereocenters. The average Bonchev–Trinajstić information content (AvgIpc) is 2.59. The van der Waals surface area contributed by atoms with Gasteiger partial charge >= 0.3 is 0 Å². The normalized spacial score (nSPS) is 19.1. The predicted octanol–water partition coefficient (Wildman–Crippen LogP) is 3.84. The highest BCUT2D eigenvalue weighted by atomic mass is 16.3. The summed E-state index contributed by atoms with van der Waals surface area (Å²) in [5, 5.41) is 11.7. The van der Waals surface area contributed by atoms with Crippen molar-refractivity contribution < 1.29 is 9.90 Å². The lowest BCUT2D eigenvalue weighted by molar-refractivity contribution is 0.0824. The van der Waals surface area contributed by atoms with E-state index in [9.17, 15) is 9.90 Å². The van der Waals surface area contributed by atoms with Crippen LogP contribution in [0.4, 0.5) is 0 Å². The molecule has 24 heavy (non-hydrogen) atoms. The molecule has 1 radical (unpaired) electrons. The number of Topliss-reactive ketones (excluding diaryl/α,β-unsaturated/α-hetero) is 1. The van der Waals surface area contributed by atoms with Gasteiger partial charge in [-0.15, -0.1) is 0 Å². The molecule has 1 aliphatic rings. The van der Waals surface area contributed by atoms with E-state index in [1.54, 1.807) is 0 Å². The van der Waals surface area contributed by atoms with Crippen LogP contribution in [-0.2, 0) is 6.61 Å². The van der Waals surface area contributed by atoms with Crippen LogP contribution in [0.2, 0.25) is 0 Å². The summed E-state index contributed by atoms with van der Waals surface area (Å²) in [4.78, 5) is 15.4. The van der Waals surface area contributed by atoms with Gasteiger partial charge < -0.3 is 10.0 Å². The maximum atomic E-state index is 13.0. The molecule has 1 unspecified atom stereocenters. The van der Waals surface area contributed by atoms with Crippen LogP contribution in [0.3, 0.4) is 0 Å². The first-order valence-electron chi connectivity index (χ1n) is 8.76. The van der Waals surface area contributed by atoms with Crippen molar-refractivity contribution in [3.63, 3.8) is 0 Å². The van der Waals surface area contributed by atoms with Gasteiger partial charge in [-0.05, 0) is 53.8 Å². The van der Waals surface area contributed by atoms with E-state index < -0.39 is 0 Å². The second-order valence-corrected chi connectivity index (χ2v) is 7.16. The number of carbonyl (C=O) groups excluding carboxylic acids is 1. The highest BCUT2D eigenvalue weighted by Gasteiger charge is 2.27. The number of aliphatic hydroxyl groups excluding tert-OH is 1. The molecule has 1 heterocycles. The van der Waals surface area contributed by atoms with Crippen molar-refractivity contribution in [3.05, 3.63) is 53.4 Å². The Morgan fingerprint density at radius 1 is 1.25 bits per heavy atom. The lowest BCUT2D eigenvalue weighted by Gasteiger charge is -2.33. The SMILES string of the molecule is C[C](C)CN1CCCC(C(=O)c2cc(CO)c3ccccc3c2)C1. The zero-order valence-electron chi connectivity index (χ0n) is 14.6. The number of hydrogen-bond donors (Lipinski definition) is 1. The maximum Gasteiger partial charge on any atom is 0.167 e. The van der Waals surface area contributed by atoms with E-state index in [2.05, 4.69) is 18.7 Å². The van der Waals surface area contributed by atoms with E-state index in [1.807, 2.05) is 36.4 Å². The zero-order chi connectivity index (χ0) is 17.1. The Morgan fingerprint density at radius 3 is 2.79 bits per heavy atom. The van der Waals surface area contributed by atoms with Crippen LogP contribution in [0.1, 0.15) is 42.6 Å². The minimum Gasteiger partial charge on any atom is -0.392 e. The largest absolute Gasteiger partial charge is 0.392 e. The standard InChI is InChI=1S/C21H26NO2/c1-15(2)12-22-9-5-7-17(13-22)21(24)18-10-16-6-3-4-8-20(16)19(11-18)14-23/h3-4,6,8,10-11,17,23H,5,7,9,12-14H2,1-2H3. The van der Waals surface area contributed by atoms with Gasteiger partial charge in [-0.25, -0.2) is 0 Å². The van der Waals surface area contributed by atoms with E-state index in [4.69, 9.17) is 0 Å². The van der Waals surface area contributed by atoms with Crippen molar-refractivity contribution >= 4 is 16.6 Å². The first-order valence-corrected chi connectivity index (χ1v) is 8.76. The first kappa shape index (κ1) is 17.1. The van der Waals surface area contributed by atoms with Crippen LogP contribution in [0, 0.1) is 11.8 Å². The number of aliphatic hydroxyl groups is 1. The van der Waals surface area contributed by atoms with E-state index >= 15 is 0 Å². The van der Waals surface area contributed by atoms with Crippen molar-refractivity contribution in [1.82, 2.24) is 4.90 Å². The molecular weight excluding hydrogens is 298 g/mol. The Morgan fingerprint density at radius 2 is 2.04 bits per heavy atom. The molecule has 1 fully saturated rings. The number of fused-ring (bicyclic) bond motifs is 1. The highest BCUT2D eigenvalue weighted by Crippen LogP contribution is 2.26. The van der Waals surface area contributed by atoms with E-state index in [1.165, 1.54) is 5.92 Å². The number of nitrogens with zero attached hydrogens (tertiary/aromatic N) is 1. The fourth-order valence-electron chi connectivity index (χ4n) is 3.76. The molecule has 1 aliphatic heterocycles. The van der Waals surface area contributed by atoms with Crippen LogP contribution >= 0.6 is 0 Å². The van der Waals surface area contributed by atoms with Gasteiger partial charge in [0.25, 0.3) is 0 Å². The molecule has 0 bridgehead atoms. The third-order valence-corrected chi connectivity index (χ3v) is 4.82. The van der Waals surface area contributed by atoms with E-state index in [-0.39, 0.29) is 18.3 Å². The first-order chi connectivity index (χ1) is 11.6. The predicted molar refractivity (Wildman–Crippen MR) is 98.0 cm³/mol. The van der Waals surface area contributed by atoms with Crippen molar-refractivity contribution in [3.8, 4) is 0 Å². The van der Waals surface area contributed by atoms with Crippen LogP contribution in [0.25, 0.3) is 10.8 Å². The summed E-state index contributed by atoms with van der Waals surface area (Å²) in [6.07, 6.45) is 2.03. The third-order valence-electron chi connectivity index (χ3n) is 4.82. The zero-order valence-corrected chi connectivity index (χ0v) is 14.6. The van der Waals surface area contributed by atoms with Gasteiger partial charge in [0.2, 0.25) is 0 Å². The highest BCUT2D eigenvalue weighted by molar-refractivity contribution is 6.02. The van der Waals surface area contributed by atoms with Gasteiger partial charge in [0.15, 0.2) is 5.78 Å². The summed E-state index contributed by atoms with van der Waals surface area (Å²) in [7, 11) is 0. The molecular formula is C21H26NO2. The van der Waals surface area contributed by atoms with Gasteiger partial charge in [-0.2, -0.15) is 0 Å². The van der Waals surface area contributed by atoms with Crippen LogP contribution in [0.15, 0.2) is 36.4 Å². The van der Waals surface area contributed by atoms with Crippen molar-refractivity contribution in [2.45, 2.75) is 33.3 Å². The Bertz CT molecular complexity index is 723. The molecule has 2 aromatic rings. The topological polar surface area (TPSA) is 40.5 Å². The molecule has 1 N–H and O–H groups in total. The van der Waals surface area contributed by atoms with Crippen molar-refractivity contribution in [1.29, 1.82) is 0 Å². The molecule has 0 amide bonds. The summed E-state index contributed by atoms with van der Waals surface area (Å²) in [6.45, 7) is 7.14. The quantitative estimate of drug-likeness (QED) is 0.850. The smallest absolute Gasteiger partial charge is 0.167 e. The minimum atomic E-state index is -0.0393. The summed E-state index contributed by atoms with van der Waals surface area (Å²) in [5.74, 6) is 1.66. The Labute approximate surface area is 144 Å². The van der Waals surface area contributed by atoms with E-state index in [0.29, 0.717) is 0 Å². The number of ketones is 1. The Hall–Kier alpha value is -1.71. The Kier molecular flexibility index (Phi) is 5.32. The van der Waals surface area contributed by atoms with E-state index in [0.717, 1.165) is 54.4 Å². The summed E-state index contributed by atoms with van der Waals surface area (Å²) < 4.78 is 0. The lowest BCUT2D eigenvalue weighted by Crippen LogP contribution is -2.40. The molecule has 0 spiro atoms. The molecule has 2 aromatic carbocycles.